The molecule has 25 heavy (non-hydrogen) atoms. The number of nitrogens with zero attached hydrogens (tertiary/aromatic N) is 3. The normalized spacial score (nSPS) is 26.0. The van der Waals surface area contributed by atoms with Gasteiger partial charge < -0.3 is 5.32 Å². The highest BCUT2D eigenvalue weighted by molar-refractivity contribution is 7.13. The zero-order valence-corrected chi connectivity index (χ0v) is 14.5. The third-order valence-electron chi connectivity index (χ3n) is 5.46. The minimum atomic E-state index is -0.553. The maximum atomic E-state index is 13.2. The van der Waals surface area contributed by atoms with E-state index in [1.165, 1.54) is 11.3 Å². The molecule has 0 spiro atoms. The molecule has 1 unspecified atom stereocenters. The van der Waals surface area contributed by atoms with Gasteiger partial charge in [-0.05, 0) is 36.6 Å². The van der Waals surface area contributed by atoms with Crippen molar-refractivity contribution in [1.82, 2.24) is 15.0 Å². The molecule has 0 saturated carbocycles. The Morgan fingerprint density at radius 2 is 1.80 bits per heavy atom. The topological polar surface area (TPSA) is 67.8 Å². The van der Waals surface area contributed by atoms with Gasteiger partial charge in [0.05, 0.1) is 16.8 Å². The zero-order valence-electron chi connectivity index (χ0n) is 13.6. The van der Waals surface area contributed by atoms with Crippen molar-refractivity contribution >= 4 is 22.4 Å². The maximum absolute atomic E-state index is 13.2. The third kappa shape index (κ3) is 2.00. The molecule has 3 aromatic heterocycles. The SMILES string of the molecule is CC1(C(=O)Nc2nccs2)CC2c3ncccc3C1c1cccnc12. The van der Waals surface area contributed by atoms with Gasteiger partial charge in [0.1, 0.15) is 0 Å². The van der Waals surface area contributed by atoms with Crippen molar-refractivity contribution in [1.29, 1.82) is 0 Å². The van der Waals surface area contributed by atoms with Crippen LogP contribution in [0.5, 0.6) is 0 Å². The number of aromatic nitrogens is 3. The van der Waals surface area contributed by atoms with E-state index in [0.717, 1.165) is 22.5 Å². The summed E-state index contributed by atoms with van der Waals surface area (Å²) in [7, 11) is 0. The van der Waals surface area contributed by atoms with Crippen LogP contribution in [0.15, 0.2) is 48.2 Å². The summed E-state index contributed by atoms with van der Waals surface area (Å²) in [5, 5.41) is 5.51. The molecule has 0 fully saturated rings. The van der Waals surface area contributed by atoms with Crippen LogP contribution in [0.2, 0.25) is 0 Å². The number of carbonyl (C=O) groups is 1. The lowest BCUT2D eigenvalue weighted by Crippen LogP contribution is -2.47. The van der Waals surface area contributed by atoms with Gasteiger partial charge in [0.25, 0.3) is 0 Å². The van der Waals surface area contributed by atoms with Gasteiger partial charge in [0.2, 0.25) is 5.91 Å². The molecule has 1 atom stereocenters. The monoisotopic (exact) mass is 348 g/mol. The number of amides is 1. The number of rotatable bonds is 2. The fraction of sp³-hybridized carbons (Fsp3) is 0.263. The number of hydrogen-bond donors (Lipinski definition) is 1. The minimum absolute atomic E-state index is 0.0152. The van der Waals surface area contributed by atoms with Crippen LogP contribution in [0.25, 0.3) is 0 Å². The molecule has 0 radical (unpaired) electrons. The highest BCUT2D eigenvalue weighted by Gasteiger charge is 2.55. The molecule has 2 bridgehead atoms. The molecule has 3 aliphatic carbocycles. The second kappa shape index (κ2) is 5.20. The van der Waals surface area contributed by atoms with E-state index >= 15 is 0 Å². The molecule has 6 heteroatoms. The standard InChI is InChI=1S/C19H16N4OS/c1-19(17(24)23-18-22-8-9-25-18)10-13-15-11(4-2-6-20-15)14(19)12-5-3-7-21-16(12)13/h2-9,13-14H,10H2,1H3,(H,22,23,24). The van der Waals surface area contributed by atoms with E-state index in [1.807, 2.05) is 29.9 Å². The average Bonchev–Trinajstić information content (AvgIpc) is 3.15. The van der Waals surface area contributed by atoms with Crippen molar-refractivity contribution < 1.29 is 4.79 Å². The Morgan fingerprint density at radius 1 is 1.12 bits per heavy atom. The number of nitrogens with one attached hydrogen (secondary N) is 1. The minimum Gasteiger partial charge on any atom is -0.301 e. The second-order valence-corrected chi connectivity index (χ2v) is 7.75. The summed E-state index contributed by atoms with van der Waals surface area (Å²) >= 11 is 1.44. The highest BCUT2D eigenvalue weighted by Crippen LogP contribution is 2.60. The van der Waals surface area contributed by atoms with Crippen LogP contribution in [0.1, 0.15) is 47.7 Å². The lowest BCUT2D eigenvalue weighted by atomic mass is 9.54. The summed E-state index contributed by atoms with van der Waals surface area (Å²) < 4.78 is 0. The second-order valence-electron chi connectivity index (χ2n) is 6.85. The number of anilines is 1. The van der Waals surface area contributed by atoms with Gasteiger partial charge in [0, 0.05) is 35.8 Å². The van der Waals surface area contributed by atoms with Gasteiger partial charge in [0.15, 0.2) is 5.13 Å². The Kier molecular flexibility index (Phi) is 3.06. The largest absolute Gasteiger partial charge is 0.301 e. The maximum Gasteiger partial charge on any atom is 0.233 e. The number of pyridine rings is 2. The van der Waals surface area contributed by atoms with Gasteiger partial charge >= 0.3 is 0 Å². The van der Waals surface area contributed by atoms with Crippen molar-refractivity contribution in [3.63, 3.8) is 0 Å². The Morgan fingerprint density at radius 3 is 2.40 bits per heavy atom. The van der Waals surface area contributed by atoms with Crippen LogP contribution < -0.4 is 5.32 Å². The van der Waals surface area contributed by atoms with Crippen LogP contribution >= 0.6 is 11.3 Å². The Bertz CT molecular complexity index is 924. The molecular formula is C19H16N4OS. The van der Waals surface area contributed by atoms with Crippen molar-refractivity contribution in [2.45, 2.75) is 25.2 Å². The Balaban J connectivity index is 1.65. The first-order valence-corrected chi connectivity index (χ1v) is 9.17. The lowest BCUT2D eigenvalue weighted by Gasteiger charge is -2.49. The van der Waals surface area contributed by atoms with Crippen LogP contribution in [-0.4, -0.2) is 20.9 Å². The zero-order chi connectivity index (χ0) is 17.0. The van der Waals surface area contributed by atoms with Crippen LogP contribution in [-0.2, 0) is 4.79 Å². The average molecular weight is 348 g/mol. The van der Waals surface area contributed by atoms with E-state index in [2.05, 4.69) is 39.3 Å². The summed E-state index contributed by atoms with van der Waals surface area (Å²) in [6, 6.07) is 8.11. The van der Waals surface area contributed by atoms with E-state index < -0.39 is 5.41 Å². The van der Waals surface area contributed by atoms with Gasteiger partial charge in [-0.3, -0.25) is 14.8 Å². The molecule has 1 N–H and O–H groups in total. The van der Waals surface area contributed by atoms with Gasteiger partial charge in [-0.2, -0.15) is 0 Å². The number of fused-ring (bicyclic) bond motifs is 1. The van der Waals surface area contributed by atoms with E-state index in [1.54, 1.807) is 6.20 Å². The van der Waals surface area contributed by atoms with Gasteiger partial charge in [-0.1, -0.05) is 12.1 Å². The first-order chi connectivity index (χ1) is 12.2. The smallest absolute Gasteiger partial charge is 0.233 e. The summed E-state index contributed by atoms with van der Waals surface area (Å²) in [4.78, 5) is 26.6. The summed E-state index contributed by atoms with van der Waals surface area (Å²) in [5.41, 5.74) is 3.88. The molecule has 3 heterocycles. The number of thiazole rings is 1. The molecule has 0 saturated heterocycles. The lowest BCUT2D eigenvalue weighted by molar-refractivity contribution is -0.126. The van der Waals surface area contributed by atoms with Crippen LogP contribution in [0, 0.1) is 5.41 Å². The van der Waals surface area contributed by atoms with Crippen molar-refractivity contribution in [2.24, 2.45) is 5.41 Å². The summed E-state index contributed by atoms with van der Waals surface area (Å²) in [5.74, 6) is 0.0377. The molecule has 3 aromatic rings. The predicted octanol–water partition coefficient (Wildman–Crippen LogP) is 3.56. The Labute approximate surface area is 149 Å². The van der Waals surface area contributed by atoms with E-state index in [4.69, 9.17) is 0 Å². The fourth-order valence-electron chi connectivity index (χ4n) is 4.40. The molecule has 3 aliphatic rings. The molecule has 1 amide bonds. The molecule has 6 rings (SSSR count). The Hall–Kier alpha value is -2.60. The molecular weight excluding hydrogens is 332 g/mol. The van der Waals surface area contributed by atoms with E-state index in [-0.39, 0.29) is 17.7 Å². The van der Waals surface area contributed by atoms with E-state index in [9.17, 15) is 4.79 Å². The van der Waals surface area contributed by atoms with E-state index in [0.29, 0.717) is 11.6 Å². The fourth-order valence-corrected chi connectivity index (χ4v) is 4.92. The van der Waals surface area contributed by atoms with Crippen LogP contribution in [0.4, 0.5) is 5.13 Å². The summed E-state index contributed by atoms with van der Waals surface area (Å²) in [6.45, 7) is 2.06. The summed E-state index contributed by atoms with van der Waals surface area (Å²) in [6.07, 6.45) is 6.07. The first-order valence-electron chi connectivity index (χ1n) is 8.29. The van der Waals surface area contributed by atoms with Crippen molar-refractivity contribution in [3.8, 4) is 0 Å². The molecule has 0 aromatic carbocycles. The quantitative estimate of drug-likeness (QED) is 0.769. The number of carbonyl (C=O) groups excluding carboxylic acids is 1. The van der Waals surface area contributed by atoms with Crippen LogP contribution in [0.3, 0.4) is 0 Å². The molecule has 0 aliphatic heterocycles. The predicted molar refractivity (Wildman–Crippen MR) is 95.6 cm³/mol. The van der Waals surface area contributed by atoms with Gasteiger partial charge in [-0.25, -0.2) is 4.98 Å². The first kappa shape index (κ1) is 14.7. The molecule has 124 valence electrons. The third-order valence-corrected chi connectivity index (χ3v) is 6.15. The van der Waals surface area contributed by atoms with Crippen molar-refractivity contribution in [3.05, 3.63) is 70.8 Å². The number of hydrogen-bond acceptors (Lipinski definition) is 5. The molecule has 5 nitrogen and oxygen atoms in total. The van der Waals surface area contributed by atoms with Crippen molar-refractivity contribution in [2.75, 3.05) is 5.32 Å². The highest BCUT2D eigenvalue weighted by atomic mass is 32.1. The van der Waals surface area contributed by atoms with Gasteiger partial charge in [-0.15, -0.1) is 11.3 Å².